The van der Waals surface area contributed by atoms with Crippen molar-refractivity contribution in [2.75, 3.05) is 0 Å². The van der Waals surface area contributed by atoms with Crippen molar-refractivity contribution >= 4 is 0 Å². The van der Waals surface area contributed by atoms with Crippen molar-refractivity contribution in [2.45, 2.75) is 33.4 Å². The third kappa shape index (κ3) is 3.58. The number of hydrogen-bond donors (Lipinski definition) is 1. The van der Waals surface area contributed by atoms with Gasteiger partial charge < -0.3 is 10.5 Å². The van der Waals surface area contributed by atoms with Crippen LogP contribution in [0.3, 0.4) is 0 Å². The van der Waals surface area contributed by atoms with Gasteiger partial charge in [-0.15, -0.1) is 0 Å². The molecule has 0 heterocycles. The second kappa shape index (κ2) is 5.89. The van der Waals surface area contributed by atoms with Crippen molar-refractivity contribution in [2.24, 2.45) is 5.73 Å². The molecule has 2 N–H and O–H groups in total. The Labute approximate surface area is 115 Å². The summed E-state index contributed by atoms with van der Waals surface area (Å²) in [7, 11) is 0. The monoisotopic (exact) mass is 255 g/mol. The highest BCUT2D eigenvalue weighted by Gasteiger charge is 2.03. The predicted octanol–water partition coefficient (Wildman–Crippen LogP) is 3.90. The first-order chi connectivity index (χ1) is 9.06. The molecule has 0 fully saturated rings. The fraction of sp³-hybridized carbons (Fsp3) is 0.294. The van der Waals surface area contributed by atoms with E-state index in [1.165, 1.54) is 16.7 Å². The van der Waals surface area contributed by atoms with E-state index < -0.39 is 0 Å². The van der Waals surface area contributed by atoms with Crippen LogP contribution in [0.25, 0.3) is 0 Å². The van der Waals surface area contributed by atoms with Gasteiger partial charge in [0, 0.05) is 6.04 Å². The van der Waals surface area contributed by atoms with Crippen LogP contribution in [0.5, 0.6) is 5.75 Å². The standard InChI is InChI=1S/C17H21NO/c1-12-7-8-13(2)16(9-12)11-19-17-6-4-5-15(10-17)14(3)18/h4-10,14H,11,18H2,1-3H3. The summed E-state index contributed by atoms with van der Waals surface area (Å²) < 4.78 is 5.86. The van der Waals surface area contributed by atoms with Crippen LogP contribution in [-0.2, 0) is 6.61 Å². The summed E-state index contributed by atoms with van der Waals surface area (Å²) in [6, 6.07) is 14.4. The van der Waals surface area contributed by atoms with Crippen molar-refractivity contribution in [3.8, 4) is 5.75 Å². The maximum Gasteiger partial charge on any atom is 0.120 e. The van der Waals surface area contributed by atoms with Crippen LogP contribution in [0.15, 0.2) is 42.5 Å². The molecule has 100 valence electrons. The first-order valence-electron chi connectivity index (χ1n) is 6.61. The minimum Gasteiger partial charge on any atom is -0.489 e. The SMILES string of the molecule is Cc1ccc(C)c(COc2cccc(C(C)N)c2)c1. The Morgan fingerprint density at radius 1 is 1.11 bits per heavy atom. The smallest absolute Gasteiger partial charge is 0.120 e. The van der Waals surface area contributed by atoms with Gasteiger partial charge in [-0.05, 0) is 49.6 Å². The normalized spacial score (nSPS) is 12.2. The Hall–Kier alpha value is -1.80. The molecule has 0 radical (unpaired) electrons. The zero-order chi connectivity index (χ0) is 13.8. The van der Waals surface area contributed by atoms with Crippen LogP contribution in [0.1, 0.15) is 35.2 Å². The molecule has 0 aliphatic heterocycles. The predicted molar refractivity (Wildman–Crippen MR) is 79.3 cm³/mol. The molecule has 2 aromatic carbocycles. The van der Waals surface area contributed by atoms with Gasteiger partial charge in [0.15, 0.2) is 0 Å². The average molecular weight is 255 g/mol. The summed E-state index contributed by atoms with van der Waals surface area (Å²) in [5, 5.41) is 0. The summed E-state index contributed by atoms with van der Waals surface area (Å²) >= 11 is 0. The molecule has 0 amide bonds. The second-order valence-electron chi connectivity index (χ2n) is 5.08. The van der Waals surface area contributed by atoms with Gasteiger partial charge in [-0.2, -0.15) is 0 Å². The van der Waals surface area contributed by atoms with E-state index in [1.54, 1.807) is 0 Å². The zero-order valence-corrected chi connectivity index (χ0v) is 11.8. The molecular formula is C17H21NO. The molecule has 0 bridgehead atoms. The summed E-state index contributed by atoms with van der Waals surface area (Å²) in [5.41, 5.74) is 10.7. The second-order valence-corrected chi connectivity index (χ2v) is 5.08. The van der Waals surface area contributed by atoms with E-state index in [2.05, 4.69) is 32.0 Å². The molecule has 0 saturated heterocycles. The van der Waals surface area contributed by atoms with E-state index in [0.29, 0.717) is 6.61 Å². The molecule has 19 heavy (non-hydrogen) atoms. The summed E-state index contributed by atoms with van der Waals surface area (Å²) in [6.45, 7) is 6.77. The lowest BCUT2D eigenvalue weighted by Gasteiger charge is -2.12. The summed E-state index contributed by atoms with van der Waals surface area (Å²) in [4.78, 5) is 0. The molecule has 0 aliphatic rings. The quantitative estimate of drug-likeness (QED) is 0.899. The van der Waals surface area contributed by atoms with Crippen molar-refractivity contribution in [3.05, 3.63) is 64.7 Å². The Balaban J connectivity index is 2.10. The van der Waals surface area contributed by atoms with E-state index in [0.717, 1.165) is 11.3 Å². The lowest BCUT2D eigenvalue weighted by molar-refractivity contribution is 0.305. The molecule has 2 heteroatoms. The van der Waals surface area contributed by atoms with Crippen LogP contribution in [0.2, 0.25) is 0 Å². The van der Waals surface area contributed by atoms with Crippen LogP contribution >= 0.6 is 0 Å². The molecule has 0 aliphatic carbocycles. The van der Waals surface area contributed by atoms with Crippen molar-refractivity contribution in [1.29, 1.82) is 0 Å². The lowest BCUT2D eigenvalue weighted by atomic mass is 10.1. The van der Waals surface area contributed by atoms with Crippen LogP contribution in [0, 0.1) is 13.8 Å². The van der Waals surface area contributed by atoms with Gasteiger partial charge in [0.2, 0.25) is 0 Å². The molecule has 2 aromatic rings. The molecule has 1 atom stereocenters. The Bertz CT molecular complexity index is 561. The minimum absolute atomic E-state index is 0.0317. The highest BCUT2D eigenvalue weighted by molar-refractivity contribution is 5.32. The number of hydrogen-bond acceptors (Lipinski definition) is 2. The van der Waals surface area contributed by atoms with E-state index in [-0.39, 0.29) is 6.04 Å². The van der Waals surface area contributed by atoms with Gasteiger partial charge in [0.25, 0.3) is 0 Å². The third-order valence-corrected chi connectivity index (χ3v) is 3.28. The average Bonchev–Trinajstić information content (AvgIpc) is 2.40. The Kier molecular flexibility index (Phi) is 4.23. The highest BCUT2D eigenvalue weighted by Crippen LogP contribution is 2.20. The maximum absolute atomic E-state index is 5.88. The van der Waals surface area contributed by atoms with Gasteiger partial charge >= 0.3 is 0 Å². The van der Waals surface area contributed by atoms with E-state index >= 15 is 0 Å². The summed E-state index contributed by atoms with van der Waals surface area (Å²) in [5.74, 6) is 0.871. The molecule has 2 nitrogen and oxygen atoms in total. The third-order valence-electron chi connectivity index (χ3n) is 3.28. The first-order valence-corrected chi connectivity index (χ1v) is 6.61. The van der Waals surface area contributed by atoms with Crippen LogP contribution in [-0.4, -0.2) is 0 Å². The number of rotatable bonds is 4. The number of ether oxygens (including phenoxy) is 1. The molecule has 2 rings (SSSR count). The van der Waals surface area contributed by atoms with Gasteiger partial charge in [0.1, 0.15) is 12.4 Å². The van der Waals surface area contributed by atoms with E-state index in [1.807, 2.05) is 31.2 Å². The molecule has 1 unspecified atom stereocenters. The Morgan fingerprint density at radius 3 is 2.63 bits per heavy atom. The van der Waals surface area contributed by atoms with Gasteiger partial charge in [-0.25, -0.2) is 0 Å². The van der Waals surface area contributed by atoms with Gasteiger partial charge in [-0.1, -0.05) is 35.9 Å². The fourth-order valence-corrected chi connectivity index (χ4v) is 2.00. The number of aryl methyl sites for hydroxylation is 2. The molecule has 0 spiro atoms. The number of nitrogens with two attached hydrogens (primary N) is 1. The zero-order valence-electron chi connectivity index (χ0n) is 11.8. The topological polar surface area (TPSA) is 35.2 Å². The van der Waals surface area contributed by atoms with Crippen molar-refractivity contribution in [3.63, 3.8) is 0 Å². The molecule has 0 saturated carbocycles. The van der Waals surface area contributed by atoms with E-state index in [9.17, 15) is 0 Å². The summed E-state index contributed by atoms with van der Waals surface area (Å²) in [6.07, 6.45) is 0. The minimum atomic E-state index is 0.0317. The fourth-order valence-electron chi connectivity index (χ4n) is 2.00. The van der Waals surface area contributed by atoms with Gasteiger partial charge in [-0.3, -0.25) is 0 Å². The van der Waals surface area contributed by atoms with E-state index in [4.69, 9.17) is 10.5 Å². The Morgan fingerprint density at radius 2 is 1.89 bits per heavy atom. The first kappa shape index (κ1) is 13.6. The van der Waals surface area contributed by atoms with Crippen molar-refractivity contribution in [1.82, 2.24) is 0 Å². The largest absolute Gasteiger partial charge is 0.489 e. The van der Waals surface area contributed by atoms with Crippen LogP contribution < -0.4 is 10.5 Å². The highest BCUT2D eigenvalue weighted by atomic mass is 16.5. The molecular weight excluding hydrogens is 234 g/mol. The number of benzene rings is 2. The molecule has 0 aromatic heterocycles. The van der Waals surface area contributed by atoms with Crippen LogP contribution in [0.4, 0.5) is 0 Å². The van der Waals surface area contributed by atoms with Crippen molar-refractivity contribution < 1.29 is 4.74 Å². The van der Waals surface area contributed by atoms with Gasteiger partial charge in [0.05, 0.1) is 0 Å². The lowest BCUT2D eigenvalue weighted by Crippen LogP contribution is -2.05. The maximum atomic E-state index is 5.88.